The van der Waals surface area contributed by atoms with Crippen molar-refractivity contribution in [3.05, 3.63) is 23.8 Å². The maximum absolute atomic E-state index is 9.98. The highest BCUT2D eigenvalue weighted by Gasteiger charge is 2.31. The van der Waals surface area contributed by atoms with Crippen molar-refractivity contribution in [2.75, 3.05) is 0 Å². The zero-order valence-corrected chi connectivity index (χ0v) is 10.4. The third kappa shape index (κ3) is 3.19. The number of aliphatic hydroxyl groups is 2. The Kier molecular flexibility index (Phi) is 5.23. The molecule has 0 amide bonds. The number of allylic oxidation sites excluding steroid dienone is 1. The minimum absolute atomic E-state index is 0.0376. The third-order valence-corrected chi connectivity index (χ3v) is 3.52. The van der Waals surface area contributed by atoms with Crippen LogP contribution in [0.25, 0.3) is 0 Å². The Labute approximate surface area is 98.7 Å². The number of aliphatic hydroxyl groups excluding tert-OH is 2. The van der Waals surface area contributed by atoms with Crippen molar-refractivity contribution >= 4 is 0 Å². The summed E-state index contributed by atoms with van der Waals surface area (Å²) in [6.45, 7) is 8.10. The molecule has 0 saturated carbocycles. The number of hydrogen-bond donors (Lipinski definition) is 2. The fourth-order valence-electron chi connectivity index (χ4n) is 2.26. The first-order valence-corrected chi connectivity index (χ1v) is 6.28. The highest BCUT2D eigenvalue weighted by molar-refractivity contribution is 5.19. The second-order valence-electron chi connectivity index (χ2n) is 4.84. The maximum Gasteiger partial charge on any atom is 0.101 e. The van der Waals surface area contributed by atoms with E-state index in [1.807, 2.05) is 13.0 Å². The number of unbranched alkanes of at least 4 members (excludes halogenated alkanes) is 2. The van der Waals surface area contributed by atoms with Crippen LogP contribution in [-0.4, -0.2) is 22.4 Å². The second-order valence-corrected chi connectivity index (χ2v) is 4.84. The molecule has 0 unspecified atom stereocenters. The van der Waals surface area contributed by atoms with Crippen LogP contribution in [0.15, 0.2) is 23.8 Å². The van der Waals surface area contributed by atoms with Crippen LogP contribution in [0.3, 0.4) is 0 Å². The van der Waals surface area contributed by atoms with E-state index in [2.05, 4.69) is 13.5 Å². The fourth-order valence-corrected chi connectivity index (χ4v) is 2.26. The number of rotatable bonds is 5. The van der Waals surface area contributed by atoms with E-state index in [1.54, 1.807) is 0 Å². The largest absolute Gasteiger partial charge is 0.389 e. The molecule has 3 atom stereocenters. The van der Waals surface area contributed by atoms with Crippen LogP contribution in [0.4, 0.5) is 0 Å². The SMILES string of the molecule is C=C(CCCCC)[C@@H]1CC=C(C)[C@@H](O)[C@@H]1O. The summed E-state index contributed by atoms with van der Waals surface area (Å²) in [4.78, 5) is 0. The third-order valence-electron chi connectivity index (χ3n) is 3.52. The lowest BCUT2D eigenvalue weighted by Gasteiger charge is -2.32. The number of hydrogen-bond acceptors (Lipinski definition) is 2. The predicted octanol–water partition coefficient (Wildman–Crippen LogP) is 2.81. The van der Waals surface area contributed by atoms with Gasteiger partial charge in [0.2, 0.25) is 0 Å². The van der Waals surface area contributed by atoms with E-state index in [1.165, 1.54) is 12.8 Å². The first-order valence-electron chi connectivity index (χ1n) is 6.28. The average molecular weight is 224 g/mol. The van der Waals surface area contributed by atoms with Crippen molar-refractivity contribution in [2.24, 2.45) is 5.92 Å². The van der Waals surface area contributed by atoms with Crippen molar-refractivity contribution in [3.63, 3.8) is 0 Å². The molecule has 1 aliphatic rings. The fraction of sp³-hybridized carbons (Fsp3) is 0.714. The van der Waals surface area contributed by atoms with Gasteiger partial charge in [0.25, 0.3) is 0 Å². The molecule has 1 aliphatic carbocycles. The van der Waals surface area contributed by atoms with E-state index in [0.717, 1.165) is 30.4 Å². The first-order chi connectivity index (χ1) is 7.57. The standard InChI is InChI=1S/C14H24O2/c1-4-5-6-7-10(2)12-9-8-11(3)13(15)14(12)16/h8,12-16H,2,4-7,9H2,1,3H3/t12-,13+,14+/m0/s1. The van der Waals surface area contributed by atoms with Gasteiger partial charge in [0.1, 0.15) is 6.10 Å². The highest BCUT2D eigenvalue weighted by atomic mass is 16.3. The Hall–Kier alpha value is -0.600. The van der Waals surface area contributed by atoms with Gasteiger partial charge >= 0.3 is 0 Å². The molecule has 2 heteroatoms. The molecule has 0 aliphatic heterocycles. The van der Waals surface area contributed by atoms with Gasteiger partial charge in [-0.3, -0.25) is 0 Å². The molecule has 0 saturated heterocycles. The topological polar surface area (TPSA) is 40.5 Å². The van der Waals surface area contributed by atoms with E-state index in [0.29, 0.717) is 0 Å². The van der Waals surface area contributed by atoms with Crippen molar-refractivity contribution in [2.45, 2.75) is 58.2 Å². The molecular formula is C14H24O2. The predicted molar refractivity (Wildman–Crippen MR) is 67.2 cm³/mol. The Bertz CT molecular complexity index is 268. The van der Waals surface area contributed by atoms with E-state index >= 15 is 0 Å². The van der Waals surface area contributed by atoms with Crippen LogP contribution >= 0.6 is 0 Å². The molecule has 0 aromatic heterocycles. The highest BCUT2D eigenvalue weighted by Crippen LogP contribution is 2.31. The molecule has 0 spiro atoms. The van der Waals surface area contributed by atoms with Gasteiger partial charge < -0.3 is 10.2 Å². The van der Waals surface area contributed by atoms with Crippen LogP contribution in [0.5, 0.6) is 0 Å². The normalized spacial score (nSPS) is 30.0. The van der Waals surface area contributed by atoms with Crippen LogP contribution in [0.2, 0.25) is 0 Å². The van der Waals surface area contributed by atoms with Crippen LogP contribution < -0.4 is 0 Å². The van der Waals surface area contributed by atoms with E-state index in [4.69, 9.17) is 0 Å². The van der Waals surface area contributed by atoms with E-state index in [9.17, 15) is 10.2 Å². The minimum atomic E-state index is -0.707. The molecular weight excluding hydrogens is 200 g/mol. The zero-order valence-electron chi connectivity index (χ0n) is 10.4. The van der Waals surface area contributed by atoms with Gasteiger partial charge in [-0.25, -0.2) is 0 Å². The summed E-state index contributed by atoms with van der Waals surface area (Å²) in [7, 11) is 0. The first kappa shape index (κ1) is 13.5. The van der Waals surface area contributed by atoms with Crippen LogP contribution in [0.1, 0.15) is 46.0 Å². The quantitative estimate of drug-likeness (QED) is 0.557. The van der Waals surface area contributed by atoms with Gasteiger partial charge in [-0.05, 0) is 31.8 Å². The molecule has 0 radical (unpaired) electrons. The smallest absolute Gasteiger partial charge is 0.101 e. The lowest BCUT2D eigenvalue weighted by Crippen LogP contribution is -2.37. The molecule has 0 fully saturated rings. The Morgan fingerprint density at radius 2 is 2.12 bits per heavy atom. The Balaban J connectivity index is 2.51. The van der Waals surface area contributed by atoms with Crippen LogP contribution in [0, 0.1) is 5.92 Å². The molecule has 0 bridgehead atoms. The lowest BCUT2D eigenvalue weighted by atomic mass is 9.79. The molecule has 92 valence electrons. The summed E-state index contributed by atoms with van der Waals surface area (Å²) in [6, 6.07) is 0. The summed E-state index contributed by atoms with van der Waals surface area (Å²) in [5.74, 6) is 0.0376. The zero-order chi connectivity index (χ0) is 12.1. The van der Waals surface area contributed by atoms with E-state index < -0.39 is 12.2 Å². The minimum Gasteiger partial charge on any atom is -0.389 e. The second kappa shape index (κ2) is 6.21. The lowest BCUT2D eigenvalue weighted by molar-refractivity contribution is 0.00527. The molecule has 16 heavy (non-hydrogen) atoms. The monoisotopic (exact) mass is 224 g/mol. The van der Waals surface area contributed by atoms with Crippen molar-refractivity contribution in [3.8, 4) is 0 Å². The van der Waals surface area contributed by atoms with Gasteiger partial charge in [-0.2, -0.15) is 0 Å². The van der Waals surface area contributed by atoms with Crippen molar-refractivity contribution < 1.29 is 10.2 Å². The summed E-state index contributed by atoms with van der Waals surface area (Å²) in [6.07, 6.45) is 5.97. The van der Waals surface area contributed by atoms with E-state index in [-0.39, 0.29) is 5.92 Å². The molecule has 1 rings (SSSR count). The van der Waals surface area contributed by atoms with Gasteiger partial charge in [0, 0.05) is 5.92 Å². The Morgan fingerprint density at radius 3 is 2.75 bits per heavy atom. The summed E-state index contributed by atoms with van der Waals surface area (Å²) >= 11 is 0. The molecule has 0 aromatic carbocycles. The van der Waals surface area contributed by atoms with Gasteiger partial charge in [0.05, 0.1) is 6.10 Å². The van der Waals surface area contributed by atoms with Gasteiger partial charge in [-0.1, -0.05) is 38.0 Å². The maximum atomic E-state index is 9.98. The molecule has 2 nitrogen and oxygen atoms in total. The van der Waals surface area contributed by atoms with Gasteiger partial charge in [-0.15, -0.1) is 0 Å². The van der Waals surface area contributed by atoms with Crippen LogP contribution in [-0.2, 0) is 0 Å². The molecule has 0 heterocycles. The molecule has 0 aromatic rings. The molecule has 2 N–H and O–H groups in total. The van der Waals surface area contributed by atoms with Gasteiger partial charge in [0.15, 0.2) is 0 Å². The van der Waals surface area contributed by atoms with Crippen molar-refractivity contribution in [1.29, 1.82) is 0 Å². The Morgan fingerprint density at radius 1 is 1.44 bits per heavy atom. The van der Waals surface area contributed by atoms with Crippen molar-refractivity contribution in [1.82, 2.24) is 0 Å². The summed E-state index contributed by atoms with van der Waals surface area (Å²) in [5, 5.41) is 19.8. The average Bonchev–Trinajstić information content (AvgIpc) is 2.26. The summed E-state index contributed by atoms with van der Waals surface area (Å²) < 4.78 is 0. The summed E-state index contributed by atoms with van der Waals surface area (Å²) in [5.41, 5.74) is 1.97.